The first-order valence-electron chi connectivity index (χ1n) is 6.78. The molecule has 1 fully saturated rings. The number of fused-ring (bicyclic) bond motifs is 1. The van der Waals surface area contributed by atoms with Crippen molar-refractivity contribution in [2.75, 3.05) is 38.3 Å². The minimum absolute atomic E-state index is 0.498. The van der Waals surface area contributed by atoms with Gasteiger partial charge in [-0.2, -0.15) is 5.10 Å². The molecule has 1 aromatic carbocycles. The van der Waals surface area contributed by atoms with Gasteiger partial charge in [-0.3, -0.25) is 5.10 Å². The van der Waals surface area contributed by atoms with E-state index in [2.05, 4.69) is 38.6 Å². The first-order chi connectivity index (χ1) is 9.38. The van der Waals surface area contributed by atoms with Gasteiger partial charge in [0.15, 0.2) is 0 Å². The van der Waals surface area contributed by atoms with Gasteiger partial charge >= 0.3 is 0 Å². The third kappa shape index (κ3) is 2.57. The zero-order valence-electron chi connectivity index (χ0n) is 11.2. The monoisotopic (exact) mass is 260 g/mol. The van der Waals surface area contributed by atoms with E-state index in [0.29, 0.717) is 6.04 Å². The quantitative estimate of drug-likeness (QED) is 0.872. The largest absolute Gasteiger partial charge is 0.385 e. The van der Waals surface area contributed by atoms with Gasteiger partial charge in [-0.15, -0.1) is 0 Å². The molecule has 2 aromatic rings. The molecule has 0 spiro atoms. The van der Waals surface area contributed by atoms with E-state index in [9.17, 15) is 0 Å². The Bertz CT molecular complexity index is 539. The Morgan fingerprint density at radius 1 is 1.47 bits per heavy atom. The third-order valence-corrected chi connectivity index (χ3v) is 3.76. The highest BCUT2D eigenvalue weighted by Gasteiger charge is 2.22. The Morgan fingerprint density at radius 2 is 2.42 bits per heavy atom. The van der Waals surface area contributed by atoms with Gasteiger partial charge in [0.05, 0.1) is 11.7 Å². The molecule has 2 heterocycles. The molecule has 3 rings (SSSR count). The summed E-state index contributed by atoms with van der Waals surface area (Å²) < 4.78 is 5.22. The molecule has 1 aliphatic rings. The Balaban J connectivity index is 1.84. The molecule has 1 aliphatic heterocycles. The van der Waals surface area contributed by atoms with E-state index in [1.54, 1.807) is 7.11 Å². The summed E-state index contributed by atoms with van der Waals surface area (Å²) in [5.74, 6) is 0. The smallest absolute Gasteiger partial charge is 0.0651 e. The van der Waals surface area contributed by atoms with Crippen LogP contribution in [0, 0.1) is 0 Å². The standard InChI is InChI=1S/C14H20N4O/c1-19-7-4-13-10-15-5-6-18(13)12-2-3-14-11(8-12)9-16-17-14/h2-3,8-9,13,15H,4-7,10H2,1H3,(H,16,17). The molecular weight excluding hydrogens is 240 g/mol. The van der Waals surface area contributed by atoms with Crippen LogP contribution in [0.2, 0.25) is 0 Å². The average molecular weight is 260 g/mol. The average Bonchev–Trinajstić information content (AvgIpc) is 2.92. The first kappa shape index (κ1) is 12.4. The number of aromatic nitrogens is 2. The molecule has 0 radical (unpaired) electrons. The van der Waals surface area contributed by atoms with Crippen molar-refractivity contribution in [1.82, 2.24) is 15.5 Å². The predicted octanol–water partition coefficient (Wildman–Crippen LogP) is 1.38. The molecule has 1 saturated heterocycles. The van der Waals surface area contributed by atoms with Gasteiger partial charge in [-0.1, -0.05) is 0 Å². The van der Waals surface area contributed by atoms with Crippen LogP contribution in [0.5, 0.6) is 0 Å². The SMILES string of the molecule is COCCC1CNCCN1c1ccc2[nH]ncc2c1. The number of anilines is 1. The minimum Gasteiger partial charge on any atom is -0.385 e. The highest BCUT2D eigenvalue weighted by atomic mass is 16.5. The zero-order valence-corrected chi connectivity index (χ0v) is 11.2. The maximum Gasteiger partial charge on any atom is 0.0651 e. The molecule has 102 valence electrons. The number of nitrogens with one attached hydrogen (secondary N) is 2. The number of rotatable bonds is 4. The van der Waals surface area contributed by atoms with E-state index in [0.717, 1.165) is 38.2 Å². The Hall–Kier alpha value is -1.59. The van der Waals surface area contributed by atoms with E-state index >= 15 is 0 Å². The molecule has 0 aliphatic carbocycles. The second-order valence-electron chi connectivity index (χ2n) is 4.97. The fraction of sp³-hybridized carbons (Fsp3) is 0.500. The van der Waals surface area contributed by atoms with Crippen LogP contribution in [0.3, 0.4) is 0 Å². The molecule has 5 nitrogen and oxygen atoms in total. The van der Waals surface area contributed by atoms with E-state index in [1.807, 2.05) is 6.20 Å². The second kappa shape index (κ2) is 5.59. The molecule has 0 bridgehead atoms. The number of piperazine rings is 1. The highest BCUT2D eigenvalue weighted by Crippen LogP contribution is 2.24. The summed E-state index contributed by atoms with van der Waals surface area (Å²) in [7, 11) is 1.76. The van der Waals surface area contributed by atoms with Crippen molar-refractivity contribution < 1.29 is 4.74 Å². The van der Waals surface area contributed by atoms with Gasteiger partial charge in [0.25, 0.3) is 0 Å². The van der Waals surface area contributed by atoms with Crippen LogP contribution in [-0.4, -0.2) is 49.6 Å². The number of hydrogen-bond donors (Lipinski definition) is 2. The molecule has 1 atom stereocenters. The van der Waals surface area contributed by atoms with Crippen LogP contribution in [0.25, 0.3) is 10.9 Å². The first-order valence-corrected chi connectivity index (χ1v) is 6.78. The van der Waals surface area contributed by atoms with Crippen LogP contribution >= 0.6 is 0 Å². The molecular formula is C14H20N4O. The third-order valence-electron chi connectivity index (χ3n) is 3.76. The summed E-state index contributed by atoms with van der Waals surface area (Å²) in [4.78, 5) is 2.47. The molecule has 19 heavy (non-hydrogen) atoms. The van der Waals surface area contributed by atoms with Crippen LogP contribution in [-0.2, 0) is 4.74 Å². The fourth-order valence-electron chi connectivity index (χ4n) is 2.72. The van der Waals surface area contributed by atoms with E-state index in [1.165, 1.54) is 11.1 Å². The maximum absolute atomic E-state index is 5.22. The molecule has 2 N–H and O–H groups in total. The lowest BCUT2D eigenvalue weighted by Gasteiger charge is -2.38. The van der Waals surface area contributed by atoms with E-state index < -0.39 is 0 Å². The van der Waals surface area contributed by atoms with Gasteiger partial charge in [0.2, 0.25) is 0 Å². The van der Waals surface area contributed by atoms with Gasteiger partial charge in [-0.25, -0.2) is 0 Å². The summed E-state index contributed by atoms with van der Waals surface area (Å²) in [6, 6.07) is 6.99. The lowest BCUT2D eigenvalue weighted by molar-refractivity contribution is 0.184. The van der Waals surface area contributed by atoms with Crippen molar-refractivity contribution in [1.29, 1.82) is 0 Å². The van der Waals surface area contributed by atoms with Gasteiger partial charge in [0.1, 0.15) is 0 Å². The number of methoxy groups -OCH3 is 1. The van der Waals surface area contributed by atoms with Crippen LogP contribution in [0.4, 0.5) is 5.69 Å². The van der Waals surface area contributed by atoms with Crippen LogP contribution < -0.4 is 10.2 Å². The van der Waals surface area contributed by atoms with Crippen molar-refractivity contribution >= 4 is 16.6 Å². The van der Waals surface area contributed by atoms with Crippen LogP contribution in [0.1, 0.15) is 6.42 Å². The summed E-state index contributed by atoms with van der Waals surface area (Å²) in [6.07, 6.45) is 2.93. The normalized spacial score (nSPS) is 20.1. The lowest BCUT2D eigenvalue weighted by Crippen LogP contribution is -2.51. The van der Waals surface area contributed by atoms with Crippen molar-refractivity contribution in [3.8, 4) is 0 Å². The molecule has 1 aromatic heterocycles. The fourth-order valence-corrected chi connectivity index (χ4v) is 2.72. The number of aromatic amines is 1. The highest BCUT2D eigenvalue weighted by molar-refractivity contribution is 5.82. The molecule has 0 saturated carbocycles. The summed E-state index contributed by atoms with van der Waals surface area (Å²) in [6.45, 7) is 3.90. The summed E-state index contributed by atoms with van der Waals surface area (Å²) in [5.41, 5.74) is 2.36. The topological polar surface area (TPSA) is 53.2 Å². The van der Waals surface area contributed by atoms with E-state index in [-0.39, 0.29) is 0 Å². The van der Waals surface area contributed by atoms with Gasteiger partial charge < -0.3 is 15.0 Å². The van der Waals surface area contributed by atoms with Gasteiger partial charge in [0, 0.05) is 50.5 Å². The Labute approximate surface area is 112 Å². The molecule has 1 unspecified atom stereocenters. The Morgan fingerprint density at radius 3 is 3.32 bits per heavy atom. The van der Waals surface area contributed by atoms with Gasteiger partial charge in [-0.05, 0) is 24.6 Å². The minimum atomic E-state index is 0.498. The molecule has 5 heteroatoms. The van der Waals surface area contributed by atoms with Crippen molar-refractivity contribution in [2.45, 2.75) is 12.5 Å². The van der Waals surface area contributed by atoms with Crippen molar-refractivity contribution in [3.05, 3.63) is 24.4 Å². The number of nitrogens with zero attached hydrogens (tertiary/aromatic N) is 2. The predicted molar refractivity (Wildman–Crippen MR) is 76.6 cm³/mol. The lowest BCUT2D eigenvalue weighted by atomic mass is 10.1. The maximum atomic E-state index is 5.22. The molecule has 0 amide bonds. The number of benzene rings is 1. The van der Waals surface area contributed by atoms with E-state index in [4.69, 9.17) is 4.74 Å². The van der Waals surface area contributed by atoms with Crippen LogP contribution in [0.15, 0.2) is 24.4 Å². The summed E-state index contributed by atoms with van der Waals surface area (Å²) >= 11 is 0. The van der Waals surface area contributed by atoms with Crippen molar-refractivity contribution in [2.24, 2.45) is 0 Å². The number of ether oxygens (including phenoxy) is 1. The number of hydrogen-bond acceptors (Lipinski definition) is 4. The summed E-state index contributed by atoms with van der Waals surface area (Å²) in [5, 5.41) is 11.7. The number of H-pyrrole nitrogens is 1. The van der Waals surface area contributed by atoms with Crippen molar-refractivity contribution in [3.63, 3.8) is 0 Å². The Kier molecular flexibility index (Phi) is 3.66. The second-order valence-corrected chi connectivity index (χ2v) is 4.97. The zero-order chi connectivity index (χ0) is 13.1.